The summed E-state index contributed by atoms with van der Waals surface area (Å²) in [7, 11) is 0. The number of rotatable bonds is 3. The lowest BCUT2D eigenvalue weighted by molar-refractivity contribution is -0.145. The van der Waals surface area contributed by atoms with Gasteiger partial charge in [-0.3, -0.25) is 14.4 Å². The van der Waals surface area contributed by atoms with Crippen LogP contribution in [0.4, 0.5) is 5.69 Å². The molecular weight excluding hydrogens is 408 g/mol. The predicted octanol–water partition coefficient (Wildman–Crippen LogP) is 1.56. The first-order valence-electron chi connectivity index (χ1n) is 11.5. The fraction of sp³-hybridized carbons (Fsp3) is 0.625. The molecule has 1 spiro atoms. The molecule has 3 fully saturated rings. The Morgan fingerprint density at radius 3 is 2.19 bits per heavy atom. The van der Waals surface area contributed by atoms with E-state index in [1.807, 2.05) is 56.0 Å². The van der Waals surface area contributed by atoms with Crippen molar-refractivity contribution in [1.29, 1.82) is 0 Å². The van der Waals surface area contributed by atoms with E-state index in [9.17, 15) is 14.4 Å². The summed E-state index contributed by atoms with van der Waals surface area (Å²) >= 11 is 0. The van der Waals surface area contributed by atoms with E-state index in [0.717, 1.165) is 5.69 Å². The molecule has 3 amide bonds. The maximum absolute atomic E-state index is 13.7. The summed E-state index contributed by atoms with van der Waals surface area (Å²) in [6, 6.07) is 9.91. The Morgan fingerprint density at radius 2 is 1.59 bits per heavy atom. The number of nitrogens with zero attached hydrogens (tertiary/aromatic N) is 4. The number of amides is 3. The maximum Gasteiger partial charge on any atom is 0.250 e. The molecule has 3 aliphatic heterocycles. The van der Waals surface area contributed by atoms with Gasteiger partial charge in [0.2, 0.25) is 11.8 Å². The number of benzene rings is 1. The molecule has 0 radical (unpaired) electrons. The molecule has 0 N–H and O–H groups in total. The van der Waals surface area contributed by atoms with E-state index < -0.39 is 11.0 Å². The van der Waals surface area contributed by atoms with Crippen molar-refractivity contribution in [3.05, 3.63) is 30.3 Å². The van der Waals surface area contributed by atoms with Crippen LogP contribution in [0, 0.1) is 5.41 Å². The number of ether oxygens (including phenoxy) is 1. The Kier molecular flexibility index (Phi) is 6.16. The molecule has 4 rings (SSSR count). The van der Waals surface area contributed by atoms with Crippen molar-refractivity contribution in [2.24, 2.45) is 5.41 Å². The van der Waals surface area contributed by atoms with Crippen molar-refractivity contribution < 1.29 is 19.1 Å². The minimum absolute atomic E-state index is 0.00850. The molecule has 1 aromatic rings. The van der Waals surface area contributed by atoms with Crippen LogP contribution >= 0.6 is 0 Å². The highest BCUT2D eigenvalue weighted by atomic mass is 16.5. The number of anilines is 1. The summed E-state index contributed by atoms with van der Waals surface area (Å²) in [5, 5.41) is 0. The zero-order valence-electron chi connectivity index (χ0n) is 19.4. The first kappa shape index (κ1) is 22.6. The van der Waals surface area contributed by atoms with Crippen LogP contribution in [0.25, 0.3) is 0 Å². The topological polar surface area (TPSA) is 73.4 Å². The van der Waals surface area contributed by atoms with E-state index in [2.05, 4.69) is 4.90 Å². The van der Waals surface area contributed by atoms with Gasteiger partial charge in [-0.2, -0.15) is 0 Å². The lowest BCUT2D eigenvalue weighted by Crippen LogP contribution is -2.58. The van der Waals surface area contributed by atoms with Gasteiger partial charge in [-0.15, -0.1) is 0 Å². The zero-order valence-corrected chi connectivity index (χ0v) is 19.4. The third kappa shape index (κ3) is 4.20. The monoisotopic (exact) mass is 442 g/mol. The number of likely N-dealkylation sites (tertiary alicyclic amines) is 1. The quantitative estimate of drug-likeness (QED) is 0.710. The van der Waals surface area contributed by atoms with E-state index in [4.69, 9.17) is 4.74 Å². The van der Waals surface area contributed by atoms with Crippen molar-refractivity contribution in [2.45, 2.75) is 39.2 Å². The largest absolute Gasteiger partial charge is 0.378 e. The standard InChI is InChI=1S/C24H34N4O4/c1-23(2,3)21(30)26-11-9-24(10-12-26)22(31)27(17-20(29)25-13-15-32-16-14-25)18-28(24)19-7-5-4-6-8-19/h4-8H,9-18H2,1-3H3. The molecular formula is C24H34N4O4. The van der Waals surface area contributed by atoms with Gasteiger partial charge in [-0.1, -0.05) is 39.0 Å². The number of carbonyl (C=O) groups is 3. The van der Waals surface area contributed by atoms with Crippen LogP contribution in [-0.4, -0.2) is 90.6 Å². The van der Waals surface area contributed by atoms with Gasteiger partial charge in [-0.05, 0) is 25.0 Å². The Hall–Kier alpha value is -2.61. The van der Waals surface area contributed by atoms with Gasteiger partial charge in [0, 0.05) is 37.3 Å². The maximum atomic E-state index is 13.7. The van der Waals surface area contributed by atoms with Crippen molar-refractivity contribution in [2.75, 3.05) is 57.5 Å². The molecule has 8 nitrogen and oxygen atoms in total. The first-order chi connectivity index (χ1) is 15.2. The fourth-order valence-electron chi connectivity index (χ4n) is 4.95. The summed E-state index contributed by atoms with van der Waals surface area (Å²) in [5.74, 6) is 0.0706. The number of para-hydroxylation sites is 1. The Labute approximate surface area is 190 Å². The summed E-state index contributed by atoms with van der Waals surface area (Å²) in [6.07, 6.45) is 1.12. The molecule has 8 heteroatoms. The lowest BCUT2D eigenvalue weighted by Gasteiger charge is -2.44. The van der Waals surface area contributed by atoms with E-state index in [0.29, 0.717) is 58.9 Å². The molecule has 3 saturated heterocycles. The summed E-state index contributed by atoms with van der Waals surface area (Å²) in [4.78, 5) is 46.9. The Bertz CT molecular complexity index is 853. The molecule has 0 aliphatic carbocycles. The smallest absolute Gasteiger partial charge is 0.250 e. The Balaban J connectivity index is 1.54. The molecule has 174 valence electrons. The van der Waals surface area contributed by atoms with Crippen molar-refractivity contribution in [1.82, 2.24) is 14.7 Å². The van der Waals surface area contributed by atoms with Crippen LogP contribution in [0.3, 0.4) is 0 Å². The van der Waals surface area contributed by atoms with Crippen LogP contribution in [-0.2, 0) is 19.1 Å². The van der Waals surface area contributed by atoms with Crippen LogP contribution in [0.2, 0.25) is 0 Å². The molecule has 1 aromatic carbocycles. The van der Waals surface area contributed by atoms with E-state index in [1.165, 1.54) is 0 Å². The second kappa shape index (κ2) is 8.73. The molecule has 0 unspecified atom stereocenters. The van der Waals surface area contributed by atoms with Crippen LogP contribution in [0.1, 0.15) is 33.6 Å². The molecule has 0 atom stereocenters. The lowest BCUT2D eigenvalue weighted by atomic mass is 9.84. The average Bonchev–Trinajstić information content (AvgIpc) is 3.06. The number of morpholine rings is 1. The minimum atomic E-state index is -0.721. The van der Waals surface area contributed by atoms with Gasteiger partial charge in [0.25, 0.3) is 5.91 Å². The fourth-order valence-corrected chi connectivity index (χ4v) is 4.95. The highest BCUT2D eigenvalue weighted by molar-refractivity contribution is 5.96. The summed E-state index contributed by atoms with van der Waals surface area (Å²) < 4.78 is 5.34. The van der Waals surface area contributed by atoms with E-state index in [1.54, 1.807) is 9.80 Å². The molecule has 3 aliphatic rings. The van der Waals surface area contributed by atoms with Crippen LogP contribution in [0.5, 0.6) is 0 Å². The zero-order chi connectivity index (χ0) is 22.9. The molecule has 0 saturated carbocycles. The number of carbonyl (C=O) groups excluding carboxylic acids is 3. The minimum Gasteiger partial charge on any atom is -0.378 e. The highest BCUT2D eigenvalue weighted by Gasteiger charge is 2.54. The average molecular weight is 443 g/mol. The second-order valence-electron chi connectivity index (χ2n) is 9.98. The third-order valence-corrected chi connectivity index (χ3v) is 6.79. The van der Waals surface area contributed by atoms with Crippen molar-refractivity contribution in [3.8, 4) is 0 Å². The summed E-state index contributed by atoms with van der Waals surface area (Å²) in [5.41, 5.74) is -0.195. The predicted molar refractivity (Wildman–Crippen MR) is 121 cm³/mol. The van der Waals surface area contributed by atoms with Crippen molar-refractivity contribution >= 4 is 23.4 Å². The summed E-state index contributed by atoms with van der Waals surface area (Å²) in [6.45, 7) is 9.53. The van der Waals surface area contributed by atoms with Gasteiger partial charge < -0.3 is 24.3 Å². The molecule has 0 aromatic heterocycles. The van der Waals surface area contributed by atoms with E-state index in [-0.39, 0.29) is 24.3 Å². The Morgan fingerprint density at radius 1 is 0.969 bits per heavy atom. The normalized spacial score (nSPS) is 21.4. The van der Waals surface area contributed by atoms with Crippen LogP contribution in [0.15, 0.2) is 30.3 Å². The van der Waals surface area contributed by atoms with E-state index >= 15 is 0 Å². The SMILES string of the molecule is CC(C)(C)C(=O)N1CCC2(CC1)C(=O)N(CC(=O)N1CCOCC1)CN2c1ccccc1. The molecule has 3 heterocycles. The van der Waals surface area contributed by atoms with Gasteiger partial charge >= 0.3 is 0 Å². The van der Waals surface area contributed by atoms with Crippen LogP contribution < -0.4 is 4.90 Å². The first-order valence-corrected chi connectivity index (χ1v) is 11.5. The number of hydrogen-bond donors (Lipinski definition) is 0. The second-order valence-corrected chi connectivity index (χ2v) is 9.98. The van der Waals surface area contributed by atoms with Gasteiger partial charge in [-0.25, -0.2) is 0 Å². The molecule has 32 heavy (non-hydrogen) atoms. The molecule has 0 bridgehead atoms. The van der Waals surface area contributed by atoms with Gasteiger partial charge in [0.05, 0.1) is 19.9 Å². The number of piperidine rings is 1. The van der Waals surface area contributed by atoms with Gasteiger partial charge in [0.1, 0.15) is 12.1 Å². The van der Waals surface area contributed by atoms with Crippen molar-refractivity contribution in [3.63, 3.8) is 0 Å². The van der Waals surface area contributed by atoms with Gasteiger partial charge in [0.15, 0.2) is 0 Å². The number of hydrogen-bond acceptors (Lipinski definition) is 5. The highest BCUT2D eigenvalue weighted by Crippen LogP contribution is 2.40. The third-order valence-electron chi connectivity index (χ3n) is 6.79.